The van der Waals surface area contributed by atoms with Gasteiger partial charge in [0.1, 0.15) is 5.82 Å². The molecule has 1 aromatic rings. The number of sulfone groups is 1. The van der Waals surface area contributed by atoms with Crippen LogP contribution >= 0.6 is 27.5 Å². The van der Waals surface area contributed by atoms with Crippen LogP contribution in [0.1, 0.15) is 30.9 Å². The summed E-state index contributed by atoms with van der Waals surface area (Å²) in [5, 5.41) is 9.08. The highest BCUT2D eigenvalue weighted by atomic mass is 79.9. The maximum Gasteiger partial charge on any atom is 0.156 e. The van der Waals surface area contributed by atoms with Gasteiger partial charge in [-0.15, -0.1) is 0 Å². The first-order valence-corrected chi connectivity index (χ1v) is 8.76. The van der Waals surface area contributed by atoms with Gasteiger partial charge < -0.3 is 5.11 Å². The van der Waals surface area contributed by atoms with Crippen LogP contribution in [-0.4, -0.2) is 24.5 Å². The second kappa shape index (κ2) is 5.68. The summed E-state index contributed by atoms with van der Waals surface area (Å²) < 4.78 is 38.2. The third-order valence-electron chi connectivity index (χ3n) is 3.36. The van der Waals surface area contributed by atoms with E-state index < -0.39 is 27.0 Å². The van der Waals surface area contributed by atoms with Crippen molar-refractivity contribution in [2.24, 2.45) is 0 Å². The van der Waals surface area contributed by atoms with Crippen molar-refractivity contribution in [2.45, 2.75) is 30.6 Å². The average molecular weight is 372 g/mol. The SMILES string of the molecule is O=S1(=O)CCCCC1C(O)c1ccc(Br)c(Cl)c1F. The molecule has 1 N–H and O–H groups in total. The fourth-order valence-corrected chi connectivity index (χ4v) is 4.76. The zero-order valence-corrected chi connectivity index (χ0v) is 13.1. The minimum Gasteiger partial charge on any atom is -0.387 e. The van der Waals surface area contributed by atoms with E-state index in [0.29, 0.717) is 23.7 Å². The van der Waals surface area contributed by atoms with E-state index >= 15 is 0 Å². The molecule has 19 heavy (non-hydrogen) atoms. The quantitative estimate of drug-likeness (QED) is 0.812. The molecule has 3 nitrogen and oxygen atoms in total. The predicted molar refractivity (Wildman–Crippen MR) is 75.5 cm³/mol. The maximum atomic E-state index is 14.0. The fraction of sp³-hybridized carbons (Fsp3) is 0.500. The van der Waals surface area contributed by atoms with Gasteiger partial charge in [-0.2, -0.15) is 0 Å². The Hall–Kier alpha value is -0.170. The first-order valence-electron chi connectivity index (χ1n) is 5.87. The summed E-state index contributed by atoms with van der Waals surface area (Å²) in [5.74, 6) is -0.732. The van der Waals surface area contributed by atoms with Crippen molar-refractivity contribution in [3.05, 3.63) is 33.0 Å². The normalized spacial score (nSPS) is 24.1. The van der Waals surface area contributed by atoms with Gasteiger partial charge in [0.2, 0.25) is 0 Å². The highest BCUT2D eigenvalue weighted by Gasteiger charge is 2.36. The van der Waals surface area contributed by atoms with Gasteiger partial charge in [0.15, 0.2) is 9.84 Å². The van der Waals surface area contributed by atoms with E-state index in [0.717, 1.165) is 0 Å². The lowest BCUT2D eigenvalue weighted by molar-refractivity contribution is 0.160. The van der Waals surface area contributed by atoms with E-state index in [9.17, 15) is 17.9 Å². The summed E-state index contributed by atoms with van der Waals surface area (Å²) in [7, 11) is -3.38. The van der Waals surface area contributed by atoms with Gasteiger partial charge >= 0.3 is 0 Å². The zero-order valence-electron chi connectivity index (χ0n) is 9.94. The second-order valence-corrected chi connectivity index (χ2v) is 8.18. The molecule has 2 atom stereocenters. The molecule has 2 unspecified atom stereocenters. The van der Waals surface area contributed by atoms with Crippen molar-refractivity contribution in [3.63, 3.8) is 0 Å². The van der Waals surface area contributed by atoms with Crippen molar-refractivity contribution in [1.29, 1.82) is 0 Å². The van der Waals surface area contributed by atoms with Crippen LogP contribution < -0.4 is 0 Å². The van der Waals surface area contributed by atoms with Crippen LogP contribution in [0.4, 0.5) is 4.39 Å². The Morgan fingerprint density at radius 1 is 1.42 bits per heavy atom. The summed E-state index contributed by atoms with van der Waals surface area (Å²) in [6, 6.07) is 2.86. The van der Waals surface area contributed by atoms with E-state index in [1.165, 1.54) is 12.1 Å². The standard InChI is InChI=1S/C12H13BrClFO3S/c13-8-5-4-7(11(15)10(8)14)12(16)9-3-1-2-6-19(9,17)18/h4-5,9,12,16H,1-3,6H2. The smallest absolute Gasteiger partial charge is 0.156 e. The molecule has 0 aliphatic carbocycles. The van der Waals surface area contributed by atoms with Crippen LogP contribution in [-0.2, 0) is 9.84 Å². The lowest BCUT2D eigenvalue weighted by atomic mass is 10.0. The third kappa shape index (κ3) is 2.96. The summed E-state index contributed by atoms with van der Waals surface area (Å²) in [5.41, 5.74) is -0.0660. The summed E-state index contributed by atoms with van der Waals surface area (Å²) in [6.45, 7) is 0. The molecule has 1 aliphatic rings. The highest BCUT2D eigenvalue weighted by Crippen LogP contribution is 2.35. The summed E-state index contributed by atoms with van der Waals surface area (Å²) in [6.07, 6.45) is 0.273. The molecule has 7 heteroatoms. The van der Waals surface area contributed by atoms with E-state index in [-0.39, 0.29) is 16.3 Å². The maximum absolute atomic E-state index is 14.0. The van der Waals surface area contributed by atoms with Gasteiger partial charge in [-0.3, -0.25) is 0 Å². The number of rotatable bonds is 2. The van der Waals surface area contributed by atoms with Crippen LogP contribution in [0.2, 0.25) is 5.02 Å². The number of hydrogen-bond donors (Lipinski definition) is 1. The number of benzene rings is 1. The average Bonchev–Trinajstić information content (AvgIpc) is 2.35. The van der Waals surface area contributed by atoms with Crippen LogP contribution in [0.5, 0.6) is 0 Å². The van der Waals surface area contributed by atoms with Gasteiger partial charge in [0.25, 0.3) is 0 Å². The minimum absolute atomic E-state index is 0.0423. The molecule has 2 rings (SSSR count). The molecule has 0 spiro atoms. The Morgan fingerprint density at radius 2 is 2.11 bits per heavy atom. The van der Waals surface area contributed by atoms with E-state index in [2.05, 4.69) is 15.9 Å². The Labute approximate surface area is 124 Å². The first kappa shape index (κ1) is 15.2. The van der Waals surface area contributed by atoms with Crippen molar-refractivity contribution < 1.29 is 17.9 Å². The molecule has 1 aromatic carbocycles. The predicted octanol–water partition coefficient (Wildman–Crippen LogP) is 3.24. The van der Waals surface area contributed by atoms with Gasteiger partial charge in [-0.25, -0.2) is 12.8 Å². The Bertz CT molecular complexity index is 591. The van der Waals surface area contributed by atoms with Gasteiger partial charge in [-0.1, -0.05) is 24.1 Å². The highest BCUT2D eigenvalue weighted by molar-refractivity contribution is 9.10. The molecule has 1 saturated heterocycles. The van der Waals surface area contributed by atoms with E-state index in [1.54, 1.807) is 0 Å². The van der Waals surface area contributed by atoms with E-state index in [4.69, 9.17) is 11.6 Å². The minimum atomic E-state index is -3.38. The Balaban J connectivity index is 2.39. The molecule has 0 radical (unpaired) electrons. The lowest BCUT2D eigenvalue weighted by Gasteiger charge is -2.27. The van der Waals surface area contributed by atoms with Gasteiger partial charge in [0, 0.05) is 10.0 Å². The Kier molecular flexibility index (Phi) is 4.55. The van der Waals surface area contributed by atoms with Crippen LogP contribution in [0.3, 0.4) is 0 Å². The number of aliphatic hydroxyl groups excluding tert-OH is 1. The van der Waals surface area contributed by atoms with Gasteiger partial charge in [-0.05, 0) is 34.8 Å². The van der Waals surface area contributed by atoms with Crippen LogP contribution in [0, 0.1) is 5.82 Å². The van der Waals surface area contributed by atoms with Crippen LogP contribution in [0.25, 0.3) is 0 Å². The van der Waals surface area contributed by atoms with Crippen LogP contribution in [0.15, 0.2) is 16.6 Å². The molecule has 0 amide bonds. The molecule has 1 fully saturated rings. The number of hydrogen-bond acceptors (Lipinski definition) is 3. The molecule has 1 aliphatic heterocycles. The largest absolute Gasteiger partial charge is 0.387 e. The van der Waals surface area contributed by atoms with E-state index in [1.807, 2.05) is 0 Å². The fourth-order valence-electron chi connectivity index (χ4n) is 2.30. The topological polar surface area (TPSA) is 54.4 Å². The molecule has 0 aromatic heterocycles. The second-order valence-electron chi connectivity index (χ2n) is 4.61. The molecule has 0 bridgehead atoms. The molecule has 0 saturated carbocycles. The summed E-state index contributed by atoms with van der Waals surface area (Å²) >= 11 is 8.83. The number of halogens is 3. The molecular formula is C12H13BrClFO3S. The van der Waals surface area contributed by atoms with Crippen molar-refractivity contribution in [2.75, 3.05) is 5.75 Å². The first-order chi connectivity index (χ1) is 8.84. The molecular weight excluding hydrogens is 359 g/mol. The third-order valence-corrected chi connectivity index (χ3v) is 6.90. The Morgan fingerprint density at radius 3 is 2.74 bits per heavy atom. The molecule has 106 valence electrons. The molecule has 1 heterocycles. The lowest BCUT2D eigenvalue weighted by Crippen LogP contribution is -2.34. The van der Waals surface area contributed by atoms with Crippen molar-refractivity contribution >= 4 is 37.4 Å². The zero-order chi connectivity index (χ0) is 14.2. The number of aliphatic hydroxyl groups is 1. The van der Waals surface area contributed by atoms with Gasteiger partial charge in [0.05, 0.1) is 22.1 Å². The van der Waals surface area contributed by atoms with Crippen molar-refractivity contribution in [1.82, 2.24) is 0 Å². The summed E-state index contributed by atoms with van der Waals surface area (Å²) in [4.78, 5) is 0. The monoisotopic (exact) mass is 370 g/mol. The van der Waals surface area contributed by atoms with Crippen molar-refractivity contribution in [3.8, 4) is 0 Å².